The summed E-state index contributed by atoms with van der Waals surface area (Å²) in [6, 6.07) is 0. The molecule has 1 N–H and O–H groups in total. The SMILES string of the molecule is Cc1nc(N2CCCCC2)ncc1C(=O)NCC(C)C. The Kier molecular flexibility index (Phi) is 4.93. The fraction of sp³-hybridized carbons (Fsp3) is 0.667. The third-order valence-electron chi connectivity index (χ3n) is 3.52. The molecule has 0 atom stereocenters. The van der Waals surface area contributed by atoms with E-state index in [0.29, 0.717) is 18.0 Å². The van der Waals surface area contributed by atoms with E-state index in [0.717, 1.165) is 24.7 Å². The molecule has 0 spiro atoms. The number of hydrogen-bond donors (Lipinski definition) is 1. The highest BCUT2D eigenvalue weighted by Crippen LogP contribution is 2.16. The van der Waals surface area contributed by atoms with E-state index in [1.54, 1.807) is 6.20 Å². The summed E-state index contributed by atoms with van der Waals surface area (Å²) in [4.78, 5) is 23.1. The molecule has 110 valence electrons. The van der Waals surface area contributed by atoms with Gasteiger partial charge in [0.15, 0.2) is 0 Å². The largest absolute Gasteiger partial charge is 0.352 e. The molecule has 1 aliphatic rings. The van der Waals surface area contributed by atoms with Crippen LogP contribution in [0, 0.1) is 12.8 Å². The number of rotatable bonds is 4. The smallest absolute Gasteiger partial charge is 0.254 e. The van der Waals surface area contributed by atoms with Crippen molar-refractivity contribution < 1.29 is 4.79 Å². The quantitative estimate of drug-likeness (QED) is 0.915. The second kappa shape index (κ2) is 6.68. The Morgan fingerprint density at radius 1 is 1.35 bits per heavy atom. The van der Waals surface area contributed by atoms with Crippen molar-refractivity contribution in [2.75, 3.05) is 24.5 Å². The molecular weight excluding hydrogens is 252 g/mol. The van der Waals surface area contributed by atoms with Gasteiger partial charge in [-0.1, -0.05) is 13.8 Å². The first-order valence-corrected chi connectivity index (χ1v) is 7.44. The fourth-order valence-electron chi connectivity index (χ4n) is 2.32. The maximum absolute atomic E-state index is 12.1. The van der Waals surface area contributed by atoms with Gasteiger partial charge in [-0.15, -0.1) is 0 Å². The van der Waals surface area contributed by atoms with Crippen LogP contribution in [0.3, 0.4) is 0 Å². The predicted octanol–water partition coefficient (Wildman–Crippen LogP) is 2.16. The fourth-order valence-corrected chi connectivity index (χ4v) is 2.32. The third-order valence-corrected chi connectivity index (χ3v) is 3.52. The number of nitrogens with one attached hydrogen (secondary N) is 1. The lowest BCUT2D eigenvalue weighted by molar-refractivity contribution is 0.0947. The molecule has 1 aliphatic heterocycles. The van der Waals surface area contributed by atoms with Crippen LogP contribution in [0.2, 0.25) is 0 Å². The maximum atomic E-state index is 12.1. The molecule has 1 saturated heterocycles. The Balaban J connectivity index is 2.07. The second-order valence-corrected chi connectivity index (χ2v) is 5.82. The molecule has 20 heavy (non-hydrogen) atoms. The Hall–Kier alpha value is -1.65. The van der Waals surface area contributed by atoms with E-state index in [4.69, 9.17) is 0 Å². The highest BCUT2D eigenvalue weighted by molar-refractivity contribution is 5.94. The van der Waals surface area contributed by atoms with Crippen LogP contribution < -0.4 is 10.2 Å². The molecule has 1 fully saturated rings. The number of aromatic nitrogens is 2. The van der Waals surface area contributed by atoms with Crippen molar-refractivity contribution in [3.8, 4) is 0 Å². The number of carbonyl (C=O) groups is 1. The highest BCUT2D eigenvalue weighted by Gasteiger charge is 2.16. The molecule has 2 rings (SSSR count). The van der Waals surface area contributed by atoms with Gasteiger partial charge in [0, 0.05) is 25.8 Å². The van der Waals surface area contributed by atoms with Crippen molar-refractivity contribution >= 4 is 11.9 Å². The van der Waals surface area contributed by atoms with Gasteiger partial charge in [0.2, 0.25) is 5.95 Å². The lowest BCUT2D eigenvalue weighted by Gasteiger charge is -2.26. The summed E-state index contributed by atoms with van der Waals surface area (Å²) in [6.07, 6.45) is 5.32. The van der Waals surface area contributed by atoms with E-state index in [2.05, 4.69) is 34.0 Å². The number of piperidine rings is 1. The molecule has 0 aromatic carbocycles. The highest BCUT2D eigenvalue weighted by atomic mass is 16.1. The third kappa shape index (κ3) is 3.68. The summed E-state index contributed by atoms with van der Waals surface area (Å²) in [5.74, 6) is 1.11. The van der Waals surface area contributed by atoms with Gasteiger partial charge in [0.1, 0.15) is 0 Å². The van der Waals surface area contributed by atoms with Crippen molar-refractivity contribution in [1.29, 1.82) is 0 Å². The molecule has 5 nitrogen and oxygen atoms in total. The minimum Gasteiger partial charge on any atom is -0.352 e. The predicted molar refractivity (Wildman–Crippen MR) is 80.0 cm³/mol. The monoisotopic (exact) mass is 276 g/mol. The lowest BCUT2D eigenvalue weighted by Crippen LogP contribution is -2.32. The van der Waals surface area contributed by atoms with Crippen LogP contribution in [-0.4, -0.2) is 35.5 Å². The van der Waals surface area contributed by atoms with Gasteiger partial charge >= 0.3 is 0 Å². The van der Waals surface area contributed by atoms with E-state index in [1.807, 2.05) is 6.92 Å². The maximum Gasteiger partial charge on any atom is 0.254 e. The number of carbonyl (C=O) groups excluding carboxylic acids is 1. The average molecular weight is 276 g/mol. The van der Waals surface area contributed by atoms with Gasteiger partial charge < -0.3 is 10.2 Å². The van der Waals surface area contributed by atoms with E-state index in [1.165, 1.54) is 19.3 Å². The summed E-state index contributed by atoms with van der Waals surface area (Å²) in [5, 5.41) is 2.91. The molecule has 5 heteroatoms. The number of nitrogens with zero attached hydrogens (tertiary/aromatic N) is 3. The molecule has 2 heterocycles. The molecule has 1 aromatic heterocycles. The van der Waals surface area contributed by atoms with Crippen molar-refractivity contribution in [3.63, 3.8) is 0 Å². The summed E-state index contributed by atoms with van der Waals surface area (Å²) >= 11 is 0. The zero-order valence-electron chi connectivity index (χ0n) is 12.6. The molecule has 1 amide bonds. The van der Waals surface area contributed by atoms with Gasteiger partial charge in [-0.05, 0) is 32.1 Å². The van der Waals surface area contributed by atoms with Gasteiger partial charge in [0.25, 0.3) is 5.91 Å². The van der Waals surface area contributed by atoms with Crippen LogP contribution >= 0.6 is 0 Å². The summed E-state index contributed by atoms with van der Waals surface area (Å²) in [6.45, 7) is 8.72. The molecule has 0 bridgehead atoms. The molecule has 1 aromatic rings. The standard InChI is InChI=1S/C15H24N4O/c1-11(2)9-16-14(20)13-10-17-15(18-12(13)3)19-7-5-4-6-8-19/h10-11H,4-9H2,1-3H3,(H,16,20). The van der Waals surface area contributed by atoms with Crippen molar-refractivity contribution in [3.05, 3.63) is 17.5 Å². The van der Waals surface area contributed by atoms with Crippen LogP contribution in [0.15, 0.2) is 6.20 Å². The number of aryl methyl sites for hydroxylation is 1. The van der Waals surface area contributed by atoms with Gasteiger partial charge in [-0.2, -0.15) is 0 Å². The van der Waals surface area contributed by atoms with Crippen LogP contribution in [0.4, 0.5) is 5.95 Å². The summed E-state index contributed by atoms with van der Waals surface area (Å²) in [5.41, 5.74) is 1.33. The zero-order chi connectivity index (χ0) is 14.5. The van der Waals surface area contributed by atoms with Gasteiger partial charge in [-0.3, -0.25) is 4.79 Å². The van der Waals surface area contributed by atoms with Crippen molar-refractivity contribution in [2.45, 2.75) is 40.0 Å². The summed E-state index contributed by atoms with van der Waals surface area (Å²) in [7, 11) is 0. The van der Waals surface area contributed by atoms with E-state index in [-0.39, 0.29) is 5.91 Å². The molecule has 0 radical (unpaired) electrons. The minimum absolute atomic E-state index is 0.0820. The van der Waals surface area contributed by atoms with Crippen LogP contribution in [0.5, 0.6) is 0 Å². The topological polar surface area (TPSA) is 58.1 Å². The Labute approximate surface area is 120 Å². The first-order chi connectivity index (χ1) is 9.58. The van der Waals surface area contributed by atoms with E-state index >= 15 is 0 Å². The number of anilines is 1. The van der Waals surface area contributed by atoms with E-state index in [9.17, 15) is 4.79 Å². The Bertz CT molecular complexity index is 467. The number of hydrogen-bond acceptors (Lipinski definition) is 4. The van der Waals surface area contributed by atoms with Gasteiger partial charge in [0.05, 0.1) is 11.3 Å². The van der Waals surface area contributed by atoms with Crippen molar-refractivity contribution in [2.24, 2.45) is 5.92 Å². The summed E-state index contributed by atoms with van der Waals surface area (Å²) < 4.78 is 0. The van der Waals surface area contributed by atoms with Crippen molar-refractivity contribution in [1.82, 2.24) is 15.3 Å². The van der Waals surface area contributed by atoms with Crippen LogP contribution in [0.1, 0.15) is 49.2 Å². The Morgan fingerprint density at radius 2 is 2.05 bits per heavy atom. The lowest BCUT2D eigenvalue weighted by atomic mass is 10.1. The molecular formula is C15H24N4O. The number of amides is 1. The first kappa shape index (κ1) is 14.8. The molecule has 0 unspecified atom stereocenters. The minimum atomic E-state index is -0.0820. The second-order valence-electron chi connectivity index (χ2n) is 5.82. The van der Waals surface area contributed by atoms with Crippen LogP contribution in [-0.2, 0) is 0 Å². The molecule has 0 aliphatic carbocycles. The zero-order valence-corrected chi connectivity index (χ0v) is 12.6. The van der Waals surface area contributed by atoms with Crippen LogP contribution in [0.25, 0.3) is 0 Å². The Morgan fingerprint density at radius 3 is 2.65 bits per heavy atom. The molecule has 0 saturated carbocycles. The van der Waals surface area contributed by atoms with Gasteiger partial charge in [-0.25, -0.2) is 9.97 Å². The normalized spacial score (nSPS) is 15.5. The van der Waals surface area contributed by atoms with E-state index < -0.39 is 0 Å². The first-order valence-electron chi connectivity index (χ1n) is 7.44. The average Bonchev–Trinajstić information content (AvgIpc) is 2.45.